The quantitative estimate of drug-likeness (QED) is 0.434. The summed E-state index contributed by atoms with van der Waals surface area (Å²) in [5.41, 5.74) is 0. The number of carbonyl (C=O) groups excluding carboxylic acids is 3. The van der Waals surface area contributed by atoms with Gasteiger partial charge in [-0.25, -0.2) is 0 Å². The molecule has 1 fully saturated rings. The van der Waals surface area contributed by atoms with Crippen molar-refractivity contribution in [3.63, 3.8) is 0 Å². The van der Waals surface area contributed by atoms with Gasteiger partial charge < -0.3 is 15.0 Å². The van der Waals surface area contributed by atoms with E-state index >= 15 is 0 Å². The van der Waals surface area contributed by atoms with Crippen LogP contribution in [-0.4, -0.2) is 53.8 Å². The topological polar surface area (TPSA) is 75.7 Å². The number of nitrogens with zero attached hydrogens (tertiary/aromatic N) is 1. The van der Waals surface area contributed by atoms with Crippen LogP contribution in [-0.2, 0) is 19.1 Å². The maximum Gasteiger partial charge on any atom is 0.308 e. The Hall–Kier alpha value is -1.11. The molecular weight excluding hydrogens is 316 g/mol. The van der Waals surface area contributed by atoms with Crippen LogP contribution in [0.3, 0.4) is 0 Å². The number of piperazine rings is 1. The molecule has 1 unspecified atom stereocenters. The first-order valence-corrected chi connectivity index (χ1v) is 7.51. The summed E-state index contributed by atoms with van der Waals surface area (Å²) < 4.78 is 5.03. The highest BCUT2D eigenvalue weighted by Gasteiger charge is 2.34. The molecule has 0 aromatic carbocycles. The molecular formula is C12H19BrN2O4. The molecule has 0 aliphatic carbocycles. The number of unbranched alkanes of at least 4 members (excludes halogenated alkanes) is 1. The molecule has 19 heavy (non-hydrogen) atoms. The van der Waals surface area contributed by atoms with Crippen molar-refractivity contribution in [3.05, 3.63) is 0 Å². The fourth-order valence-corrected chi connectivity index (χ4v) is 2.16. The zero-order valence-corrected chi connectivity index (χ0v) is 12.6. The Morgan fingerprint density at radius 1 is 1.53 bits per heavy atom. The molecule has 6 nitrogen and oxygen atoms in total. The van der Waals surface area contributed by atoms with Gasteiger partial charge in [0, 0.05) is 13.1 Å². The SMILES string of the molecule is CCCCOC(=O)CC1C(=O)NCCN1C(=O)CBr. The number of ether oxygens (including phenoxy) is 1. The number of carbonyl (C=O) groups is 3. The lowest BCUT2D eigenvalue weighted by Gasteiger charge is -2.34. The molecule has 1 aliphatic heterocycles. The molecule has 2 amide bonds. The normalized spacial score (nSPS) is 18.9. The van der Waals surface area contributed by atoms with E-state index in [9.17, 15) is 14.4 Å². The van der Waals surface area contributed by atoms with E-state index in [1.807, 2.05) is 6.92 Å². The predicted molar refractivity (Wildman–Crippen MR) is 72.8 cm³/mol. The first-order valence-electron chi connectivity index (χ1n) is 6.39. The number of amides is 2. The molecule has 0 aromatic heterocycles. The van der Waals surface area contributed by atoms with Crippen molar-refractivity contribution in [2.75, 3.05) is 25.0 Å². The summed E-state index contributed by atoms with van der Waals surface area (Å²) in [6.45, 7) is 3.19. The Bertz CT molecular complexity index is 349. The van der Waals surface area contributed by atoms with Gasteiger partial charge in [-0.05, 0) is 6.42 Å². The summed E-state index contributed by atoms with van der Waals surface area (Å²) in [6, 6.07) is -0.757. The Balaban J connectivity index is 2.57. The molecule has 7 heteroatoms. The Morgan fingerprint density at radius 3 is 2.89 bits per heavy atom. The summed E-state index contributed by atoms with van der Waals surface area (Å²) in [4.78, 5) is 36.5. The number of esters is 1. The lowest BCUT2D eigenvalue weighted by Crippen LogP contribution is -2.58. The van der Waals surface area contributed by atoms with Crippen molar-refractivity contribution in [3.8, 4) is 0 Å². The van der Waals surface area contributed by atoms with Crippen LogP contribution in [0.25, 0.3) is 0 Å². The van der Waals surface area contributed by atoms with Gasteiger partial charge in [-0.3, -0.25) is 14.4 Å². The second-order valence-corrected chi connectivity index (χ2v) is 4.87. The summed E-state index contributed by atoms with van der Waals surface area (Å²) in [5, 5.41) is 2.80. The number of nitrogens with one attached hydrogen (secondary N) is 1. The molecule has 0 saturated carbocycles. The largest absolute Gasteiger partial charge is 0.466 e. The van der Waals surface area contributed by atoms with Gasteiger partial charge in [-0.15, -0.1) is 0 Å². The van der Waals surface area contributed by atoms with Crippen molar-refractivity contribution < 1.29 is 19.1 Å². The van der Waals surface area contributed by atoms with Crippen LogP contribution in [0.15, 0.2) is 0 Å². The Morgan fingerprint density at radius 2 is 2.26 bits per heavy atom. The van der Waals surface area contributed by atoms with Crippen LogP contribution in [0.4, 0.5) is 0 Å². The first-order chi connectivity index (χ1) is 9.10. The van der Waals surface area contributed by atoms with Crippen LogP contribution in [0, 0.1) is 0 Å². The van der Waals surface area contributed by atoms with E-state index in [1.54, 1.807) is 0 Å². The van der Waals surface area contributed by atoms with E-state index in [0.717, 1.165) is 12.8 Å². The molecule has 1 aliphatic rings. The molecule has 0 bridgehead atoms. The highest BCUT2D eigenvalue weighted by atomic mass is 79.9. The predicted octanol–water partition coefficient (Wildman–Crippen LogP) is 0.442. The molecule has 1 saturated heterocycles. The second-order valence-electron chi connectivity index (χ2n) is 4.31. The van der Waals surface area contributed by atoms with Crippen LogP contribution in [0.5, 0.6) is 0 Å². The van der Waals surface area contributed by atoms with Gasteiger partial charge in [0.15, 0.2) is 0 Å². The van der Waals surface area contributed by atoms with E-state index in [-0.39, 0.29) is 23.6 Å². The lowest BCUT2D eigenvalue weighted by molar-refractivity contribution is -0.151. The lowest BCUT2D eigenvalue weighted by atomic mass is 10.1. The van der Waals surface area contributed by atoms with Crippen LogP contribution in [0.2, 0.25) is 0 Å². The van der Waals surface area contributed by atoms with Crippen molar-refractivity contribution in [1.29, 1.82) is 0 Å². The Labute approximate surface area is 121 Å². The van der Waals surface area contributed by atoms with Crippen LogP contribution >= 0.6 is 15.9 Å². The summed E-state index contributed by atoms with van der Waals surface area (Å²) >= 11 is 3.08. The number of rotatable bonds is 6. The van der Waals surface area contributed by atoms with Gasteiger partial charge in [0.05, 0.1) is 18.4 Å². The van der Waals surface area contributed by atoms with E-state index in [1.165, 1.54) is 4.90 Å². The van der Waals surface area contributed by atoms with Gasteiger partial charge >= 0.3 is 5.97 Å². The average molecular weight is 335 g/mol. The second kappa shape index (κ2) is 8.14. The number of hydrogen-bond acceptors (Lipinski definition) is 4. The van der Waals surface area contributed by atoms with Crippen molar-refractivity contribution in [2.45, 2.75) is 32.2 Å². The van der Waals surface area contributed by atoms with Crippen molar-refractivity contribution in [2.24, 2.45) is 0 Å². The third-order valence-electron chi connectivity index (χ3n) is 2.89. The standard InChI is InChI=1S/C12H19BrN2O4/c1-2-3-6-19-11(17)7-9-12(18)14-4-5-15(9)10(16)8-13/h9H,2-8H2,1H3,(H,14,18). The van der Waals surface area contributed by atoms with E-state index in [0.29, 0.717) is 19.7 Å². The monoisotopic (exact) mass is 334 g/mol. The van der Waals surface area contributed by atoms with Crippen molar-refractivity contribution >= 4 is 33.7 Å². The Kier molecular flexibility index (Phi) is 6.83. The molecule has 0 spiro atoms. The van der Waals surface area contributed by atoms with E-state index in [2.05, 4.69) is 21.2 Å². The molecule has 1 N–H and O–H groups in total. The van der Waals surface area contributed by atoms with Gasteiger partial charge in [-0.2, -0.15) is 0 Å². The minimum atomic E-state index is -0.757. The summed E-state index contributed by atoms with van der Waals surface area (Å²) in [5.74, 6) is -0.933. The van der Waals surface area contributed by atoms with E-state index < -0.39 is 12.0 Å². The number of halogens is 1. The molecule has 0 radical (unpaired) electrons. The smallest absolute Gasteiger partial charge is 0.308 e. The number of alkyl halides is 1. The molecule has 108 valence electrons. The fourth-order valence-electron chi connectivity index (χ4n) is 1.84. The average Bonchev–Trinajstić information content (AvgIpc) is 2.40. The molecule has 1 heterocycles. The minimum Gasteiger partial charge on any atom is -0.466 e. The summed E-state index contributed by atoms with van der Waals surface area (Å²) in [7, 11) is 0. The fraction of sp³-hybridized carbons (Fsp3) is 0.750. The first kappa shape index (κ1) is 15.9. The third kappa shape index (κ3) is 4.81. The van der Waals surface area contributed by atoms with Gasteiger partial charge in [0.25, 0.3) is 0 Å². The zero-order valence-electron chi connectivity index (χ0n) is 11.0. The molecule has 0 aromatic rings. The summed E-state index contributed by atoms with van der Waals surface area (Å²) in [6.07, 6.45) is 1.65. The highest BCUT2D eigenvalue weighted by molar-refractivity contribution is 9.09. The third-order valence-corrected chi connectivity index (χ3v) is 3.37. The molecule has 1 atom stereocenters. The van der Waals surface area contributed by atoms with Crippen LogP contribution in [0.1, 0.15) is 26.2 Å². The maximum atomic E-state index is 11.8. The zero-order chi connectivity index (χ0) is 14.3. The van der Waals surface area contributed by atoms with Crippen LogP contribution < -0.4 is 5.32 Å². The minimum absolute atomic E-state index is 0.0890. The van der Waals surface area contributed by atoms with Gasteiger partial charge in [0.2, 0.25) is 11.8 Å². The van der Waals surface area contributed by atoms with E-state index in [4.69, 9.17) is 4.74 Å². The van der Waals surface area contributed by atoms with Crippen molar-refractivity contribution in [1.82, 2.24) is 10.2 Å². The maximum absolute atomic E-state index is 11.8. The molecule has 1 rings (SSSR count). The highest BCUT2D eigenvalue weighted by Crippen LogP contribution is 2.11. The number of hydrogen-bond donors (Lipinski definition) is 1. The van der Waals surface area contributed by atoms with Gasteiger partial charge in [0.1, 0.15) is 6.04 Å². The van der Waals surface area contributed by atoms with Gasteiger partial charge in [-0.1, -0.05) is 29.3 Å².